The lowest BCUT2D eigenvalue weighted by Crippen LogP contribution is -2.43. The van der Waals surface area contributed by atoms with Crippen LogP contribution in [0.1, 0.15) is 33.3 Å². The summed E-state index contributed by atoms with van der Waals surface area (Å²) in [5.41, 5.74) is 0.761. The van der Waals surface area contributed by atoms with Crippen molar-refractivity contribution in [3.05, 3.63) is 34.8 Å². The summed E-state index contributed by atoms with van der Waals surface area (Å²) in [5.74, 6) is 0.998. The minimum atomic E-state index is -0.287. The molecule has 2 N–H and O–H groups in total. The number of nitrogens with one attached hydrogen (secondary N) is 2. The topological polar surface area (TPSA) is 59.6 Å². The number of halogens is 1. The van der Waals surface area contributed by atoms with E-state index in [1.807, 2.05) is 45.9 Å². The van der Waals surface area contributed by atoms with E-state index in [0.29, 0.717) is 24.7 Å². The van der Waals surface area contributed by atoms with Crippen LogP contribution in [-0.4, -0.2) is 31.2 Å². The normalized spacial score (nSPS) is 11.0. The van der Waals surface area contributed by atoms with Gasteiger partial charge in [-0.25, -0.2) is 0 Å². The van der Waals surface area contributed by atoms with Gasteiger partial charge >= 0.3 is 0 Å². The molecule has 0 saturated heterocycles. The van der Waals surface area contributed by atoms with Crippen molar-refractivity contribution in [3.8, 4) is 11.5 Å². The molecule has 0 aliphatic carbocycles. The third kappa shape index (κ3) is 7.36. The van der Waals surface area contributed by atoms with Crippen LogP contribution in [0.3, 0.4) is 0 Å². The first-order chi connectivity index (χ1) is 11.3. The molecule has 0 radical (unpaired) electrons. The van der Waals surface area contributed by atoms with Gasteiger partial charge in [0.05, 0.1) is 6.61 Å². The molecule has 0 aliphatic heterocycles. The molecule has 0 heterocycles. The molecular formula is C18H27BrN2O3. The van der Waals surface area contributed by atoms with Crippen molar-refractivity contribution >= 4 is 21.8 Å². The average Bonchev–Trinajstić information content (AvgIpc) is 2.47. The molecule has 134 valence electrons. The number of ether oxygens (including phenoxy) is 2. The molecule has 1 aromatic rings. The second kappa shape index (κ2) is 9.69. The first-order valence-corrected chi connectivity index (χ1v) is 8.76. The fourth-order valence-corrected chi connectivity index (χ4v) is 2.46. The summed E-state index contributed by atoms with van der Waals surface area (Å²) in [6.07, 6.45) is 1.81. The zero-order valence-electron chi connectivity index (χ0n) is 14.9. The average molecular weight is 399 g/mol. The van der Waals surface area contributed by atoms with Crippen molar-refractivity contribution in [1.29, 1.82) is 0 Å². The predicted molar refractivity (Wildman–Crippen MR) is 101 cm³/mol. The minimum Gasteiger partial charge on any atom is -0.490 e. The smallest absolute Gasteiger partial charge is 0.258 e. The summed E-state index contributed by atoms with van der Waals surface area (Å²) >= 11 is 3.54. The van der Waals surface area contributed by atoms with E-state index < -0.39 is 0 Å². The second-order valence-corrected chi connectivity index (χ2v) is 7.18. The summed E-state index contributed by atoms with van der Waals surface area (Å²) in [4.78, 5) is 11.9. The summed E-state index contributed by atoms with van der Waals surface area (Å²) in [6, 6.07) is 3.75. The monoisotopic (exact) mass is 398 g/mol. The van der Waals surface area contributed by atoms with Gasteiger partial charge in [-0.15, -0.1) is 6.58 Å². The second-order valence-electron chi connectivity index (χ2n) is 6.33. The Bertz CT molecular complexity index is 568. The number of hydrogen-bond acceptors (Lipinski definition) is 4. The Kier molecular flexibility index (Phi) is 8.28. The van der Waals surface area contributed by atoms with Crippen molar-refractivity contribution in [3.63, 3.8) is 0 Å². The van der Waals surface area contributed by atoms with Gasteiger partial charge in [0.15, 0.2) is 18.1 Å². The molecule has 1 amide bonds. The first kappa shape index (κ1) is 20.5. The van der Waals surface area contributed by atoms with Gasteiger partial charge in [-0.2, -0.15) is 0 Å². The summed E-state index contributed by atoms with van der Waals surface area (Å²) in [6.45, 7) is 13.2. The molecule has 0 unspecified atom stereocenters. The Balaban J connectivity index is 2.83. The highest BCUT2D eigenvalue weighted by atomic mass is 79.9. The highest BCUT2D eigenvalue weighted by molar-refractivity contribution is 9.10. The fourth-order valence-electron chi connectivity index (χ4n) is 2.00. The van der Waals surface area contributed by atoms with Gasteiger partial charge < -0.3 is 20.1 Å². The molecule has 6 heteroatoms. The molecule has 5 nitrogen and oxygen atoms in total. The van der Waals surface area contributed by atoms with E-state index in [2.05, 4.69) is 33.1 Å². The molecule has 24 heavy (non-hydrogen) atoms. The number of carbonyl (C=O) groups is 1. The van der Waals surface area contributed by atoms with Crippen LogP contribution in [-0.2, 0) is 11.3 Å². The van der Waals surface area contributed by atoms with Crippen LogP contribution in [0.2, 0.25) is 0 Å². The zero-order chi connectivity index (χ0) is 18.2. The molecule has 0 aliphatic rings. The summed E-state index contributed by atoms with van der Waals surface area (Å²) in [5, 5.41) is 6.11. The Morgan fingerprint density at radius 2 is 1.96 bits per heavy atom. The molecule has 0 spiro atoms. The van der Waals surface area contributed by atoms with E-state index >= 15 is 0 Å². The van der Waals surface area contributed by atoms with Gasteiger partial charge in [0.25, 0.3) is 5.91 Å². The maximum absolute atomic E-state index is 11.9. The lowest BCUT2D eigenvalue weighted by atomic mass is 10.1. The van der Waals surface area contributed by atoms with E-state index in [-0.39, 0.29) is 18.1 Å². The third-order valence-corrected chi connectivity index (χ3v) is 3.63. The maximum atomic E-state index is 11.9. The van der Waals surface area contributed by atoms with E-state index in [1.165, 1.54) is 0 Å². The molecule has 0 bridgehead atoms. The highest BCUT2D eigenvalue weighted by Gasteiger charge is 2.16. The van der Waals surface area contributed by atoms with Crippen LogP contribution in [0.4, 0.5) is 0 Å². The van der Waals surface area contributed by atoms with Gasteiger partial charge in [0.1, 0.15) is 0 Å². The van der Waals surface area contributed by atoms with Crippen LogP contribution >= 0.6 is 15.9 Å². The fraction of sp³-hybridized carbons (Fsp3) is 0.500. The van der Waals surface area contributed by atoms with Crippen LogP contribution in [0.15, 0.2) is 29.3 Å². The van der Waals surface area contributed by atoms with Crippen molar-refractivity contribution in [1.82, 2.24) is 10.6 Å². The van der Waals surface area contributed by atoms with Crippen molar-refractivity contribution in [2.75, 3.05) is 19.8 Å². The van der Waals surface area contributed by atoms with Crippen molar-refractivity contribution in [2.24, 2.45) is 0 Å². The van der Waals surface area contributed by atoms with Gasteiger partial charge in [-0.3, -0.25) is 4.79 Å². The molecule has 1 rings (SSSR count). The summed E-state index contributed by atoms with van der Waals surface area (Å²) < 4.78 is 12.2. The van der Waals surface area contributed by atoms with Crippen molar-refractivity contribution in [2.45, 2.75) is 39.8 Å². The largest absolute Gasteiger partial charge is 0.490 e. The van der Waals surface area contributed by atoms with Gasteiger partial charge in [0.2, 0.25) is 0 Å². The van der Waals surface area contributed by atoms with E-state index in [9.17, 15) is 4.79 Å². The number of carbonyl (C=O) groups excluding carboxylic acids is 1. The third-order valence-electron chi connectivity index (χ3n) is 2.89. The predicted octanol–water partition coefficient (Wildman–Crippen LogP) is 3.42. The van der Waals surface area contributed by atoms with Crippen LogP contribution < -0.4 is 20.1 Å². The standard InChI is InChI=1S/C18H27BrN2O3/c1-6-8-20-11-13-9-15(23-7-2)16(10-14(13)19)24-12-17(22)21-18(3,4)5/h6,9-10,20H,1,7-8,11-12H2,2-5H3,(H,21,22). The quantitative estimate of drug-likeness (QED) is 0.494. The lowest BCUT2D eigenvalue weighted by Gasteiger charge is -2.21. The van der Waals surface area contributed by atoms with Crippen LogP contribution in [0, 0.1) is 0 Å². The maximum Gasteiger partial charge on any atom is 0.258 e. The highest BCUT2D eigenvalue weighted by Crippen LogP contribution is 2.34. The molecule has 0 fully saturated rings. The van der Waals surface area contributed by atoms with Gasteiger partial charge in [0, 0.05) is 23.1 Å². The molecule has 0 saturated carbocycles. The van der Waals surface area contributed by atoms with E-state index in [1.54, 1.807) is 0 Å². The summed E-state index contributed by atoms with van der Waals surface area (Å²) in [7, 11) is 0. The van der Waals surface area contributed by atoms with E-state index in [4.69, 9.17) is 9.47 Å². The van der Waals surface area contributed by atoms with Crippen molar-refractivity contribution < 1.29 is 14.3 Å². The Hall–Kier alpha value is -1.53. The van der Waals surface area contributed by atoms with Gasteiger partial charge in [-0.1, -0.05) is 22.0 Å². The number of amides is 1. The first-order valence-electron chi connectivity index (χ1n) is 7.97. The molecule has 0 atom stereocenters. The Morgan fingerprint density at radius 1 is 1.29 bits per heavy atom. The minimum absolute atomic E-state index is 0.0577. The van der Waals surface area contributed by atoms with Crippen LogP contribution in [0.25, 0.3) is 0 Å². The van der Waals surface area contributed by atoms with E-state index in [0.717, 1.165) is 16.6 Å². The molecule has 1 aromatic carbocycles. The number of benzene rings is 1. The SMILES string of the molecule is C=CCNCc1cc(OCC)c(OCC(=O)NC(C)(C)C)cc1Br. The molecule has 0 aromatic heterocycles. The number of hydrogen-bond donors (Lipinski definition) is 2. The molecular weight excluding hydrogens is 372 g/mol. The Labute approximate surface area is 152 Å². The zero-order valence-corrected chi connectivity index (χ0v) is 16.5. The lowest BCUT2D eigenvalue weighted by molar-refractivity contribution is -0.124. The Morgan fingerprint density at radius 3 is 2.54 bits per heavy atom. The number of rotatable bonds is 9. The van der Waals surface area contributed by atoms with Crippen LogP contribution in [0.5, 0.6) is 11.5 Å². The van der Waals surface area contributed by atoms with Gasteiger partial charge in [-0.05, 0) is 45.4 Å².